The van der Waals surface area contributed by atoms with E-state index in [0.717, 1.165) is 85.5 Å². The number of rotatable bonds is 5. The smallest absolute Gasteiger partial charge is 0.114 e. The largest absolute Gasteiger partial charge is 0.296 e. The Hall–Kier alpha value is -5.29. The van der Waals surface area contributed by atoms with Crippen molar-refractivity contribution in [2.24, 2.45) is 0 Å². The number of aromatic nitrogens is 5. The number of hydrogen-bond acceptors (Lipinski definition) is 3. The van der Waals surface area contributed by atoms with Crippen LogP contribution in [0.25, 0.3) is 66.4 Å². The summed E-state index contributed by atoms with van der Waals surface area (Å²) in [7, 11) is 0. The van der Waals surface area contributed by atoms with Crippen molar-refractivity contribution in [1.82, 2.24) is 24.1 Å². The molecule has 0 amide bonds. The lowest BCUT2D eigenvalue weighted by Crippen LogP contribution is -2.00. The fraction of sp³-hybridized carbons (Fsp3) is 0.108. The molecule has 0 saturated carbocycles. The molecule has 0 radical (unpaired) electrons. The van der Waals surface area contributed by atoms with E-state index >= 15 is 0 Å². The van der Waals surface area contributed by atoms with Crippen molar-refractivity contribution in [1.29, 1.82) is 0 Å². The van der Waals surface area contributed by atoms with Gasteiger partial charge < -0.3 is 0 Å². The van der Waals surface area contributed by atoms with Crippen LogP contribution in [0.15, 0.2) is 115 Å². The monoisotopic (exact) mass is 543 g/mol. The van der Waals surface area contributed by atoms with Gasteiger partial charge in [0.05, 0.1) is 33.3 Å². The van der Waals surface area contributed by atoms with Crippen LogP contribution >= 0.6 is 0 Å². The maximum atomic E-state index is 5.27. The Morgan fingerprint density at radius 2 is 1.14 bits per heavy atom. The van der Waals surface area contributed by atoms with Gasteiger partial charge in [-0.15, -0.1) is 0 Å². The van der Waals surface area contributed by atoms with E-state index in [1.54, 1.807) is 0 Å². The number of hydrogen-bond donors (Lipinski definition) is 0. The Morgan fingerprint density at radius 3 is 1.93 bits per heavy atom. The number of nitrogens with zero attached hydrogens (tertiary/aromatic N) is 5. The van der Waals surface area contributed by atoms with E-state index in [0.29, 0.717) is 0 Å². The molecule has 0 N–H and O–H groups in total. The van der Waals surface area contributed by atoms with Crippen LogP contribution in [0, 0.1) is 0 Å². The quantitative estimate of drug-likeness (QED) is 0.204. The van der Waals surface area contributed by atoms with Crippen molar-refractivity contribution in [2.45, 2.75) is 26.7 Å². The molecule has 8 aromatic rings. The van der Waals surface area contributed by atoms with Gasteiger partial charge in [0, 0.05) is 40.6 Å². The third kappa shape index (κ3) is 3.67. The minimum absolute atomic E-state index is 0.828. The SMILES string of the molecule is CCc1nc2ccccc2n1-c1ccc(-c2nc3ccccc3c3ccc4c(nc(CC)n4-c4ccccc4)c23)cc1. The lowest BCUT2D eigenvalue weighted by molar-refractivity contribution is 0.908. The van der Waals surface area contributed by atoms with Crippen LogP contribution in [0.3, 0.4) is 0 Å². The van der Waals surface area contributed by atoms with E-state index in [1.807, 2.05) is 6.07 Å². The summed E-state index contributed by atoms with van der Waals surface area (Å²) in [6.45, 7) is 4.32. The maximum absolute atomic E-state index is 5.27. The molecule has 0 aliphatic carbocycles. The molecule has 0 atom stereocenters. The number of aryl methyl sites for hydroxylation is 2. The molecular formula is C37H29N5. The Morgan fingerprint density at radius 1 is 0.500 bits per heavy atom. The van der Waals surface area contributed by atoms with Gasteiger partial charge in [-0.05, 0) is 53.9 Å². The van der Waals surface area contributed by atoms with E-state index in [2.05, 4.69) is 132 Å². The van der Waals surface area contributed by atoms with Crippen LogP contribution in [-0.2, 0) is 12.8 Å². The molecule has 0 aliphatic heterocycles. The summed E-state index contributed by atoms with van der Waals surface area (Å²) >= 11 is 0. The van der Waals surface area contributed by atoms with Gasteiger partial charge in [0.1, 0.15) is 11.6 Å². The summed E-state index contributed by atoms with van der Waals surface area (Å²) in [5.41, 5.74) is 9.44. The molecule has 0 spiro atoms. The molecule has 5 heteroatoms. The van der Waals surface area contributed by atoms with E-state index in [4.69, 9.17) is 15.0 Å². The topological polar surface area (TPSA) is 48.5 Å². The van der Waals surface area contributed by atoms with Crippen molar-refractivity contribution in [2.75, 3.05) is 0 Å². The van der Waals surface area contributed by atoms with Crippen molar-refractivity contribution >= 4 is 43.7 Å². The second-order valence-electron chi connectivity index (χ2n) is 10.6. The van der Waals surface area contributed by atoms with Crippen molar-refractivity contribution in [3.8, 4) is 22.6 Å². The van der Waals surface area contributed by atoms with Crippen molar-refractivity contribution < 1.29 is 0 Å². The highest BCUT2D eigenvalue weighted by Gasteiger charge is 2.19. The minimum atomic E-state index is 0.828. The fourth-order valence-electron chi connectivity index (χ4n) is 6.31. The summed E-state index contributed by atoms with van der Waals surface area (Å²) in [4.78, 5) is 15.4. The predicted octanol–water partition coefficient (Wildman–Crippen LogP) is 8.86. The first-order valence-corrected chi connectivity index (χ1v) is 14.6. The van der Waals surface area contributed by atoms with Crippen LogP contribution in [0.5, 0.6) is 0 Å². The van der Waals surface area contributed by atoms with Gasteiger partial charge >= 0.3 is 0 Å². The Balaban J connectivity index is 1.39. The molecule has 42 heavy (non-hydrogen) atoms. The van der Waals surface area contributed by atoms with E-state index in [9.17, 15) is 0 Å². The zero-order chi connectivity index (χ0) is 28.2. The molecule has 5 aromatic carbocycles. The molecule has 0 fully saturated rings. The average Bonchev–Trinajstić information content (AvgIpc) is 3.63. The van der Waals surface area contributed by atoms with Crippen LogP contribution < -0.4 is 0 Å². The van der Waals surface area contributed by atoms with Gasteiger partial charge in [0.25, 0.3) is 0 Å². The lowest BCUT2D eigenvalue weighted by atomic mass is 9.98. The molecule has 0 unspecified atom stereocenters. The zero-order valence-corrected chi connectivity index (χ0v) is 23.6. The van der Waals surface area contributed by atoms with Gasteiger partial charge in [0.2, 0.25) is 0 Å². The highest BCUT2D eigenvalue weighted by atomic mass is 15.1. The Kier molecular flexibility index (Phi) is 5.64. The van der Waals surface area contributed by atoms with Gasteiger partial charge in [0.15, 0.2) is 0 Å². The van der Waals surface area contributed by atoms with Gasteiger partial charge in [-0.3, -0.25) is 9.13 Å². The first kappa shape index (κ1) is 24.5. The van der Waals surface area contributed by atoms with E-state index < -0.39 is 0 Å². The van der Waals surface area contributed by atoms with Crippen molar-refractivity contribution in [3.63, 3.8) is 0 Å². The predicted molar refractivity (Wildman–Crippen MR) is 173 cm³/mol. The highest BCUT2D eigenvalue weighted by molar-refractivity contribution is 6.19. The first-order valence-electron chi connectivity index (χ1n) is 14.6. The third-order valence-corrected chi connectivity index (χ3v) is 8.24. The third-order valence-electron chi connectivity index (χ3n) is 8.24. The summed E-state index contributed by atoms with van der Waals surface area (Å²) in [6.07, 6.45) is 1.68. The van der Waals surface area contributed by atoms with Crippen LogP contribution in [-0.4, -0.2) is 24.1 Å². The van der Waals surface area contributed by atoms with Crippen molar-refractivity contribution in [3.05, 3.63) is 127 Å². The second kappa shape index (κ2) is 9.67. The molecule has 8 rings (SSSR count). The molecule has 202 valence electrons. The zero-order valence-electron chi connectivity index (χ0n) is 23.6. The van der Waals surface area contributed by atoms with Gasteiger partial charge in [-0.1, -0.05) is 80.6 Å². The standard InChI is InChI=1S/C37H29N5/c1-3-33-38-30-16-10-11-17-31(30)41(33)26-20-18-24(19-21-26)36-35-28(27-14-8-9-15-29(27)39-36)22-23-32-37(35)40-34(4-2)42(32)25-12-6-5-7-13-25/h5-23H,3-4H2,1-2H3. The average molecular weight is 544 g/mol. The normalized spacial score (nSPS) is 11.8. The Labute approximate surface area is 243 Å². The summed E-state index contributed by atoms with van der Waals surface area (Å²) < 4.78 is 4.55. The molecular weight excluding hydrogens is 514 g/mol. The van der Waals surface area contributed by atoms with E-state index in [1.165, 1.54) is 5.39 Å². The van der Waals surface area contributed by atoms with Gasteiger partial charge in [-0.2, -0.15) is 0 Å². The number of fused-ring (bicyclic) bond motifs is 6. The van der Waals surface area contributed by atoms with Crippen LogP contribution in [0.2, 0.25) is 0 Å². The van der Waals surface area contributed by atoms with Crippen LogP contribution in [0.4, 0.5) is 0 Å². The van der Waals surface area contributed by atoms with Crippen LogP contribution in [0.1, 0.15) is 25.5 Å². The lowest BCUT2D eigenvalue weighted by Gasteiger charge is -2.13. The molecule has 3 aromatic heterocycles. The van der Waals surface area contributed by atoms with Gasteiger partial charge in [-0.25, -0.2) is 15.0 Å². The summed E-state index contributed by atoms with van der Waals surface area (Å²) in [6, 6.07) is 40.4. The summed E-state index contributed by atoms with van der Waals surface area (Å²) in [5.74, 6) is 2.09. The molecule has 3 heterocycles. The minimum Gasteiger partial charge on any atom is -0.296 e. The molecule has 0 bridgehead atoms. The first-order chi connectivity index (χ1) is 20.7. The number of imidazole rings is 2. The summed E-state index contributed by atoms with van der Waals surface area (Å²) in [5, 5.41) is 3.40. The Bertz CT molecular complexity index is 2260. The number of pyridine rings is 1. The second-order valence-corrected chi connectivity index (χ2v) is 10.6. The maximum Gasteiger partial charge on any atom is 0.114 e. The fourth-order valence-corrected chi connectivity index (χ4v) is 6.31. The molecule has 5 nitrogen and oxygen atoms in total. The number of para-hydroxylation sites is 4. The molecule has 0 aliphatic rings. The van der Waals surface area contributed by atoms with E-state index in [-0.39, 0.29) is 0 Å². The molecule has 0 saturated heterocycles. The number of benzene rings is 5. The highest BCUT2D eigenvalue weighted by Crippen LogP contribution is 2.38.